The number of nitriles is 1. The van der Waals surface area contributed by atoms with Crippen molar-refractivity contribution in [3.05, 3.63) is 65.7 Å². The quantitative estimate of drug-likeness (QED) is 0.914. The number of carbonyl (C=O) groups is 1. The first-order valence-corrected chi connectivity index (χ1v) is 7.35. The maximum absolute atomic E-state index is 11.8. The number of benzene rings is 2. The Morgan fingerprint density at radius 3 is 2.55 bits per heavy atom. The first-order valence-electron chi connectivity index (χ1n) is 6.20. The number of thioether (sulfide) groups is 1. The number of amides is 1. The number of para-hydroxylation sites is 1. The molecular weight excluding hydrogens is 268 g/mol. The zero-order valence-electron chi connectivity index (χ0n) is 10.9. The topological polar surface area (TPSA) is 52.9 Å². The van der Waals surface area contributed by atoms with Gasteiger partial charge in [-0.15, -0.1) is 11.8 Å². The van der Waals surface area contributed by atoms with Gasteiger partial charge in [0.05, 0.1) is 17.4 Å². The minimum Gasteiger partial charge on any atom is -0.325 e. The van der Waals surface area contributed by atoms with Gasteiger partial charge in [0.2, 0.25) is 5.91 Å². The Hall–Kier alpha value is -2.25. The van der Waals surface area contributed by atoms with Gasteiger partial charge in [0.1, 0.15) is 0 Å². The first kappa shape index (κ1) is 14.2. The molecule has 1 N–H and O–H groups in total. The van der Waals surface area contributed by atoms with E-state index in [1.54, 1.807) is 6.07 Å². The molecule has 100 valence electrons. The molecule has 2 aromatic carbocycles. The van der Waals surface area contributed by atoms with E-state index in [0.29, 0.717) is 17.1 Å². The average molecular weight is 282 g/mol. The van der Waals surface area contributed by atoms with Crippen molar-refractivity contribution in [2.24, 2.45) is 0 Å². The molecule has 0 aliphatic carbocycles. The highest BCUT2D eigenvalue weighted by Crippen LogP contribution is 2.16. The van der Waals surface area contributed by atoms with Crippen molar-refractivity contribution >= 4 is 23.4 Å². The van der Waals surface area contributed by atoms with Crippen molar-refractivity contribution in [2.45, 2.75) is 5.75 Å². The maximum Gasteiger partial charge on any atom is 0.234 e. The second-order valence-corrected chi connectivity index (χ2v) is 5.16. The van der Waals surface area contributed by atoms with Gasteiger partial charge in [-0.25, -0.2) is 0 Å². The zero-order valence-corrected chi connectivity index (χ0v) is 11.7. The van der Waals surface area contributed by atoms with Crippen LogP contribution in [0.1, 0.15) is 11.1 Å². The van der Waals surface area contributed by atoms with Gasteiger partial charge in [-0.3, -0.25) is 4.79 Å². The highest BCUT2D eigenvalue weighted by molar-refractivity contribution is 7.99. The van der Waals surface area contributed by atoms with E-state index in [2.05, 4.69) is 11.4 Å². The molecule has 0 atom stereocenters. The van der Waals surface area contributed by atoms with Crippen LogP contribution in [0, 0.1) is 11.3 Å². The molecule has 3 nitrogen and oxygen atoms in total. The fourth-order valence-electron chi connectivity index (χ4n) is 1.73. The minimum atomic E-state index is -0.0318. The van der Waals surface area contributed by atoms with Gasteiger partial charge in [-0.2, -0.15) is 5.26 Å². The smallest absolute Gasteiger partial charge is 0.234 e. The van der Waals surface area contributed by atoms with Gasteiger partial charge in [-0.05, 0) is 23.8 Å². The molecule has 20 heavy (non-hydrogen) atoms. The third-order valence-electron chi connectivity index (χ3n) is 2.69. The molecule has 4 heteroatoms. The SMILES string of the molecule is N#Cc1ccccc1CSCC(=O)Nc1ccccc1. The van der Waals surface area contributed by atoms with Crippen molar-refractivity contribution < 1.29 is 4.79 Å². The summed E-state index contributed by atoms with van der Waals surface area (Å²) >= 11 is 1.50. The molecule has 0 unspecified atom stereocenters. The van der Waals surface area contributed by atoms with Crippen molar-refractivity contribution in [1.29, 1.82) is 5.26 Å². The van der Waals surface area contributed by atoms with Crippen molar-refractivity contribution in [3.63, 3.8) is 0 Å². The van der Waals surface area contributed by atoms with Crippen LogP contribution in [0.4, 0.5) is 5.69 Å². The summed E-state index contributed by atoms with van der Waals surface area (Å²) in [5, 5.41) is 11.8. The lowest BCUT2D eigenvalue weighted by molar-refractivity contribution is -0.113. The summed E-state index contributed by atoms with van der Waals surface area (Å²) in [5.41, 5.74) is 2.44. The summed E-state index contributed by atoms with van der Waals surface area (Å²) in [5.74, 6) is 0.997. The molecule has 0 saturated heterocycles. The standard InChI is InChI=1S/C16H14N2OS/c17-10-13-6-4-5-7-14(13)11-20-12-16(19)18-15-8-2-1-3-9-15/h1-9H,11-12H2,(H,18,19). The lowest BCUT2D eigenvalue weighted by Crippen LogP contribution is -2.14. The highest BCUT2D eigenvalue weighted by Gasteiger charge is 2.05. The normalized spacial score (nSPS) is 9.75. The summed E-state index contributed by atoms with van der Waals surface area (Å²) < 4.78 is 0. The minimum absolute atomic E-state index is 0.0318. The van der Waals surface area contributed by atoms with Gasteiger partial charge >= 0.3 is 0 Å². The van der Waals surface area contributed by atoms with Crippen LogP contribution in [0.3, 0.4) is 0 Å². The second kappa shape index (κ2) is 7.37. The fraction of sp³-hybridized carbons (Fsp3) is 0.125. The van der Waals surface area contributed by atoms with E-state index in [1.165, 1.54) is 11.8 Å². The number of rotatable bonds is 5. The van der Waals surface area contributed by atoms with Gasteiger partial charge in [0.15, 0.2) is 0 Å². The second-order valence-electron chi connectivity index (χ2n) is 4.18. The van der Waals surface area contributed by atoms with Gasteiger partial charge in [0, 0.05) is 11.4 Å². The molecule has 0 aliphatic heterocycles. The van der Waals surface area contributed by atoms with Gasteiger partial charge in [-0.1, -0.05) is 36.4 Å². The average Bonchev–Trinajstić information content (AvgIpc) is 2.49. The van der Waals surface area contributed by atoms with Crippen LogP contribution >= 0.6 is 11.8 Å². The van der Waals surface area contributed by atoms with Crippen LogP contribution in [0.2, 0.25) is 0 Å². The number of nitrogens with zero attached hydrogens (tertiary/aromatic N) is 1. The van der Waals surface area contributed by atoms with E-state index in [4.69, 9.17) is 5.26 Å². The molecule has 0 aromatic heterocycles. The van der Waals surface area contributed by atoms with Crippen LogP contribution in [0.5, 0.6) is 0 Å². The highest BCUT2D eigenvalue weighted by atomic mass is 32.2. The van der Waals surface area contributed by atoms with E-state index in [-0.39, 0.29) is 5.91 Å². The van der Waals surface area contributed by atoms with Crippen LogP contribution in [0.25, 0.3) is 0 Å². The molecule has 0 fully saturated rings. The molecule has 0 saturated carbocycles. The Morgan fingerprint density at radius 1 is 1.10 bits per heavy atom. The lowest BCUT2D eigenvalue weighted by Gasteiger charge is -2.05. The zero-order chi connectivity index (χ0) is 14.2. The summed E-state index contributed by atoms with van der Waals surface area (Å²) in [7, 11) is 0. The van der Waals surface area contributed by atoms with E-state index in [1.807, 2.05) is 48.5 Å². The molecule has 0 radical (unpaired) electrons. The monoisotopic (exact) mass is 282 g/mol. The number of nitrogens with one attached hydrogen (secondary N) is 1. The number of hydrogen-bond acceptors (Lipinski definition) is 3. The van der Waals surface area contributed by atoms with Gasteiger partial charge in [0.25, 0.3) is 0 Å². The predicted molar refractivity (Wildman–Crippen MR) is 82.4 cm³/mol. The lowest BCUT2D eigenvalue weighted by atomic mass is 10.1. The molecular formula is C16H14N2OS. The Labute approximate surface area is 122 Å². The van der Waals surface area contributed by atoms with Crippen molar-refractivity contribution in [3.8, 4) is 6.07 Å². The van der Waals surface area contributed by atoms with Crippen LogP contribution in [-0.2, 0) is 10.5 Å². The van der Waals surface area contributed by atoms with Gasteiger partial charge < -0.3 is 5.32 Å². The van der Waals surface area contributed by atoms with Crippen LogP contribution < -0.4 is 5.32 Å². The summed E-state index contributed by atoms with van der Waals surface area (Å²) in [6.45, 7) is 0. The Bertz CT molecular complexity index is 620. The summed E-state index contributed by atoms with van der Waals surface area (Å²) in [6.07, 6.45) is 0. The number of hydrogen-bond donors (Lipinski definition) is 1. The molecule has 0 bridgehead atoms. The summed E-state index contributed by atoms with van der Waals surface area (Å²) in [6, 6.07) is 19.0. The Morgan fingerprint density at radius 2 is 1.80 bits per heavy atom. The molecule has 0 aliphatic rings. The molecule has 2 aromatic rings. The van der Waals surface area contributed by atoms with E-state index < -0.39 is 0 Å². The Kier molecular flexibility index (Phi) is 5.22. The van der Waals surface area contributed by atoms with Crippen molar-refractivity contribution in [2.75, 3.05) is 11.1 Å². The largest absolute Gasteiger partial charge is 0.325 e. The van der Waals surface area contributed by atoms with Crippen LogP contribution in [0.15, 0.2) is 54.6 Å². The number of carbonyl (C=O) groups excluding carboxylic acids is 1. The van der Waals surface area contributed by atoms with Crippen LogP contribution in [-0.4, -0.2) is 11.7 Å². The predicted octanol–water partition coefficient (Wildman–Crippen LogP) is 3.43. The summed E-state index contributed by atoms with van der Waals surface area (Å²) in [4.78, 5) is 11.8. The maximum atomic E-state index is 11.8. The first-order chi connectivity index (χ1) is 9.79. The fourth-order valence-corrected chi connectivity index (χ4v) is 2.56. The van der Waals surface area contributed by atoms with E-state index in [0.717, 1.165) is 11.3 Å². The molecule has 1 amide bonds. The van der Waals surface area contributed by atoms with E-state index >= 15 is 0 Å². The van der Waals surface area contributed by atoms with Crippen molar-refractivity contribution in [1.82, 2.24) is 0 Å². The Balaban J connectivity index is 1.81. The molecule has 2 rings (SSSR count). The molecule has 0 spiro atoms. The van der Waals surface area contributed by atoms with E-state index in [9.17, 15) is 4.79 Å². The number of anilines is 1. The third kappa shape index (κ3) is 4.15. The third-order valence-corrected chi connectivity index (χ3v) is 3.67. The molecule has 0 heterocycles.